The van der Waals surface area contributed by atoms with E-state index < -0.39 is 0 Å². The molecule has 1 aromatic carbocycles. The Morgan fingerprint density at radius 1 is 1.26 bits per heavy atom. The Kier molecular flexibility index (Phi) is 6.24. The van der Waals surface area contributed by atoms with Crippen molar-refractivity contribution < 1.29 is 0 Å². The third kappa shape index (κ3) is 4.24. The molecule has 0 bridgehead atoms. The second-order valence-electron chi connectivity index (χ2n) is 5.34. The third-order valence-corrected chi connectivity index (χ3v) is 6.45. The van der Waals surface area contributed by atoms with E-state index in [0.717, 1.165) is 12.5 Å². The highest BCUT2D eigenvalue weighted by molar-refractivity contribution is 9.10. The summed E-state index contributed by atoms with van der Waals surface area (Å²) >= 11 is 5.72. The molecule has 1 nitrogen and oxygen atoms in total. The molecule has 0 radical (unpaired) electrons. The Bertz CT molecular complexity index is 396. The molecule has 0 spiro atoms. The third-order valence-electron chi connectivity index (χ3n) is 4.06. The highest BCUT2D eigenvalue weighted by Crippen LogP contribution is 2.39. The summed E-state index contributed by atoms with van der Waals surface area (Å²) in [6.45, 7) is 5.62. The van der Waals surface area contributed by atoms with Crippen LogP contribution in [-0.4, -0.2) is 17.8 Å². The molecular weight excluding hydrogens is 318 g/mol. The number of hydrogen-bond acceptors (Lipinski definition) is 2. The Morgan fingerprint density at radius 3 is 2.74 bits per heavy atom. The number of benzene rings is 1. The van der Waals surface area contributed by atoms with Gasteiger partial charge in [-0.15, -0.1) is 11.8 Å². The van der Waals surface area contributed by atoms with Crippen LogP contribution in [0.25, 0.3) is 0 Å². The van der Waals surface area contributed by atoms with Crippen molar-refractivity contribution in [3.63, 3.8) is 0 Å². The maximum absolute atomic E-state index is 3.68. The largest absolute Gasteiger partial charge is 0.313 e. The highest BCUT2D eigenvalue weighted by Gasteiger charge is 2.30. The van der Waals surface area contributed by atoms with Gasteiger partial charge in [0.25, 0.3) is 0 Å². The fraction of sp³-hybridized carbons (Fsp3) is 0.625. The predicted molar refractivity (Wildman–Crippen MR) is 88.9 cm³/mol. The molecule has 0 aliphatic heterocycles. The van der Waals surface area contributed by atoms with Crippen molar-refractivity contribution in [1.29, 1.82) is 0 Å². The monoisotopic (exact) mass is 341 g/mol. The van der Waals surface area contributed by atoms with Gasteiger partial charge in [-0.1, -0.05) is 32.4 Å². The van der Waals surface area contributed by atoms with E-state index in [1.807, 2.05) is 11.8 Å². The average Bonchev–Trinajstić information content (AvgIpc) is 2.43. The molecule has 0 heterocycles. The molecule has 1 N–H and O–H groups in total. The lowest BCUT2D eigenvalue weighted by atomic mass is 9.84. The van der Waals surface area contributed by atoms with Crippen molar-refractivity contribution in [3.05, 3.63) is 28.7 Å². The summed E-state index contributed by atoms with van der Waals surface area (Å²) in [6, 6.07) is 9.27. The minimum Gasteiger partial charge on any atom is -0.313 e. The van der Waals surface area contributed by atoms with Crippen LogP contribution < -0.4 is 5.32 Å². The summed E-state index contributed by atoms with van der Waals surface area (Å²) in [5.74, 6) is 0.912. The Balaban J connectivity index is 2.07. The van der Waals surface area contributed by atoms with Crippen LogP contribution in [0.2, 0.25) is 0 Å². The molecule has 0 saturated heterocycles. The van der Waals surface area contributed by atoms with Gasteiger partial charge in [0.1, 0.15) is 0 Å². The van der Waals surface area contributed by atoms with Gasteiger partial charge in [0.2, 0.25) is 0 Å². The maximum Gasteiger partial charge on any atom is 0.0311 e. The molecule has 106 valence electrons. The minimum atomic E-state index is 0.671. The predicted octanol–water partition coefficient (Wildman–Crippen LogP) is 5.10. The Labute approximate surface area is 130 Å². The first-order chi connectivity index (χ1) is 9.24. The van der Waals surface area contributed by atoms with Crippen LogP contribution in [0.3, 0.4) is 0 Å². The summed E-state index contributed by atoms with van der Waals surface area (Å²) in [7, 11) is 0. The van der Waals surface area contributed by atoms with E-state index in [2.05, 4.69) is 59.4 Å². The lowest BCUT2D eigenvalue weighted by Crippen LogP contribution is -2.42. The van der Waals surface area contributed by atoms with E-state index in [-0.39, 0.29) is 0 Å². The molecule has 0 aromatic heterocycles. The number of rotatable bonds is 5. The van der Waals surface area contributed by atoms with E-state index in [1.165, 1.54) is 35.1 Å². The minimum absolute atomic E-state index is 0.671. The summed E-state index contributed by atoms with van der Waals surface area (Å²) in [5, 5.41) is 4.39. The average molecular weight is 342 g/mol. The Hall–Kier alpha value is 0.01000. The van der Waals surface area contributed by atoms with Crippen LogP contribution in [0.1, 0.15) is 39.5 Å². The van der Waals surface area contributed by atoms with Gasteiger partial charge in [-0.3, -0.25) is 0 Å². The zero-order valence-electron chi connectivity index (χ0n) is 11.9. The fourth-order valence-corrected chi connectivity index (χ4v) is 4.91. The van der Waals surface area contributed by atoms with Crippen molar-refractivity contribution >= 4 is 27.7 Å². The van der Waals surface area contributed by atoms with Crippen LogP contribution in [0.15, 0.2) is 33.6 Å². The lowest BCUT2D eigenvalue weighted by Gasteiger charge is -2.36. The molecule has 2 rings (SSSR count). The molecule has 1 aliphatic carbocycles. The van der Waals surface area contributed by atoms with Gasteiger partial charge in [-0.2, -0.15) is 0 Å². The summed E-state index contributed by atoms with van der Waals surface area (Å²) in [6.07, 6.45) is 5.39. The molecule has 0 amide bonds. The fourth-order valence-electron chi connectivity index (χ4n) is 2.91. The standard InChI is InChI=1S/C16H24BrNS/c1-3-12-9-10-14(18-4-2)16(11-12)19-15-8-6-5-7-13(15)17/h5-8,12,14,16,18H,3-4,9-11H2,1-2H3. The molecule has 1 saturated carbocycles. The van der Waals surface area contributed by atoms with E-state index in [9.17, 15) is 0 Å². The quantitative estimate of drug-likeness (QED) is 0.799. The van der Waals surface area contributed by atoms with Crippen molar-refractivity contribution in [2.45, 2.75) is 55.7 Å². The first-order valence-corrected chi connectivity index (χ1v) is 9.06. The molecule has 1 fully saturated rings. The van der Waals surface area contributed by atoms with Crippen molar-refractivity contribution in [2.75, 3.05) is 6.54 Å². The van der Waals surface area contributed by atoms with Gasteiger partial charge in [-0.25, -0.2) is 0 Å². The smallest absolute Gasteiger partial charge is 0.0311 e. The zero-order chi connectivity index (χ0) is 13.7. The van der Waals surface area contributed by atoms with Crippen LogP contribution in [0.4, 0.5) is 0 Å². The number of hydrogen-bond donors (Lipinski definition) is 1. The summed E-state index contributed by atoms with van der Waals surface area (Å²) < 4.78 is 1.23. The SMILES string of the molecule is CCNC1CCC(CC)CC1Sc1ccccc1Br. The van der Waals surface area contributed by atoms with Gasteiger partial charge < -0.3 is 5.32 Å². The lowest BCUT2D eigenvalue weighted by molar-refractivity contribution is 0.298. The van der Waals surface area contributed by atoms with Crippen LogP contribution in [-0.2, 0) is 0 Å². The normalized spacial score (nSPS) is 27.4. The summed E-state index contributed by atoms with van der Waals surface area (Å²) in [4.78, 5) is 1.38. The van der Waals surface area contributed by atoms with Gasteiger partial charge in [0.05, 0.1) is 0 Å². The van der Waals surface area contributed by atoms with E-state index in [1.54, 1.807) is 0 Å². The topological polar surface area (TPSA) is 12.0 Å². The zero-order valence-corrected chi connectivity index (χ0v) is 14.3. The van der Waals surface area contributed by atoms with Crippen molar-refractivity contribution in [1.82, 2.24) is 5.32 Å². The van der Waals surface area contributed by atoms with Gasteiger partial charge in [-0.05, 0) is 59.8 Å². The van der Waals surface area contributed by atoms with E-state index in [4.69, 9.17) is 0 Å². The second kappa shape index (κ2) is 7.70. The molecule has 1 aromatic rings. The number of nitrogens with one attached hydrogen (secondary N) is 1. The van der Waals surface area contributed by atoms with Gasteiger partial charge in [0, 0.05) is 20.7 Å². The molecule has 1 aliphatic rings. The highest BCUT2D eigenvalue weighted by atomic mass is 79.9. The maximum atomic E-state index is 3.68. The van der Waals surface area contributed by atoms with Crippen molar-refractivity contribution in [2.24, 2.45) is 5.92 Å². The van der Waals surface area contributed by atoms with Crippen LogP contribution in [0.5, 0.6) is 0 Å². The van der Waals surface area contributed by atoms with Crippen LogP contribution >= 0.6 is 27.7 Å². The van der Waals surface area contributed by atoms with Gasteiger partial charge >= 0.3 is 0 Å². The van der Waals surface area contributed by atoms with Crippen LogP contribution in [0, 0.1) is 5.92 Å². The molecular formula is C16H24BrNS. The number of halogens is 1. The van der Waals surface area contributed by atoms with Gasteiger partial charge in [0.15, 0.2) is 0 Å². The Morgan fingerprint density at radius 2 is 2.05 bits per heavy atom. The molecule has 3 heteroatoms. The second-order valence-corrected chi connectivity index (χ2v) is 7.47. The first-order valence-electron chi connectivity index (χ1n) is 7.39. The molecule has 3 atom stereocenters. The van der Waals surface area contributed by atoms with E-state index >= 15 is 0 Å². The van der Waals surface area contributed by atoms with E-state index in [0.29, 0.717) is 11.3 Å². The first kappa shape index (κ1) is 15.4. The summed E-state index contributed by atoms with van der Waals surface area (Å²) in [5.41, 5.74) is 0. The molecule has 3 unspecified atom stereocenters. The van der Waals surface area contributed by atoms with Crippen molar-refractivity contribution in [3.8, 4) is 0 Å². The molecule has 19 heavy (non-hydrogen) atoms. The number of thioether (sulfide) groups is 1.